The lowest BCUT2D eigenvalue weighted by molar-refractivity contribution is -0.129. The quantitative estimate of drug-likeness (QED) is 0.171. The van der Waals surface area contributed by atoms with Gasteiger partial charge < -0.3 is 16.4 Å². The summed E-state index contributed by atoms with van der Waals surface area (Å²) in [5, 5.41) is 14.4. The number of aliphatic imine (C=N–C) groups is 1. The molecule has 3 atom stereocenters. The minimum Gasteiger partial charge on any atom is -0.330 e. The number of benzene rings is 2. The van der Waals surface area contributed by atoms with Crippen molar-refractivity contribution in [2.45, 2.75) is 77.7 Å². The molecule has 1 saturated heterocycles. The van der Waals surface area contributed by atoms with Gasteiger partial charge in [0.25, 0.3) is 0 Å². The zero-order valence-corrected chi connectivity index (χ0v) is 29.2. The lowest BCUT2D eigenvalue weighted by Gasteiger charge is -2.27. The van der Waals surface area contributed by atoms with Gasteiger partial charge in [0, 0.05) is 53.2 Å². The molecule has 0 unspecified atom stereocenters. The number of amidine groups is 1. The average Bonchev–Trinajstić information content (AvgIpc) is 3.67. The minimum atomic E-state index is -0.523. The van der Waals surface area contributed by atoms with Crippen LogP contribution in [-0.4, -0.2) is 54.1 Å². The molecule has 2 fully saturated rings. The van der Waals surface area contributed by atoms with Gasteiger partial charge in [0.2, 0.25) is 5.91 Å². The van der Waals surface area contributed by atoms with E-state index in [0.717, 1.165) is 73.0 Å². The third-order valence-electron chi connectivity index (χ3n) is 10.6. The number of anilines is 1. The van der Waals surface area contributed by atoms with E-state index in [9.17, 15) is 14.4 Å². The monoisotopic (exact) mass is 675 g/mol. The summed E-state index contributed by atoms with van der Waals surface area (Å²) in [6, 6.07) is 19.8. The number of nitrogens with two attached hydrogens (primary N) is 1. The number of hydrogen-bond acceptors (Lipinski definition) is 9. The molecule has 6 rings (SSSR count). The smallest absolute Gasteiger partial charge is 0.228 e. The van der Waals surface area contributed by atoms with Crippen molar-refractivity contribution in [3.63, 3.8) is 0 Å². The molecule has 2 aromatic carbocycles. The summed E-state index contributed by atoms with van der Waals surface area (Å²) < 4.78 is 0. The molecule has 1 aliphatic carbocycles. The van der Waals surface area contributed by atoms with Crippen LogP contribution >= 0.6 is 0 Å². The first-order chi connectivity index (χ1) is 24.2. The summed E-state index contributed by atoms with van der Waals surface area (Å²) in [5.74, 6) is 0.990. The normalized spacial score (nSPS) is 22.5. The van der Waals surface area contributed by atoms with Crippen LogP contribution in [0.1, 0.15) is 85.6 Å². The number of pyridine rings is 1. The molecule has 2 aliphatic heterocycles. The van der Waals surface area contributed by atoms with Crippen LogP contribution in [-0.2, 0) is 16.0 Å². The van der Waals surface area contributed by atoms with Crippen molar-refractivity contribution in [1.29, 1.82) is 0 Å². The third kappa shape index (κ3) is 9.03. The second-order valence-corrected chi connectivity index (χ2v) is 14.4. The molecular weight excluding hydrogens is 626 g/mol. The second-order valence-electron chi connectivity index (χ2n) is 14.4. The van der Waals surface area contributed by atoms with Crippen molar-refractivity contribution >= 4 is 29.0 Å². The first kappa shape index (κ1) is 35.4. The van der Waals surface area contributed by atoms with E-state index >= 15 is 0 Å². The molecule has 3 heterocycles. The van der Waals surface area contributed by atoms with Gasteiger partial charge in [-0.05, 0) is 125 Å². The molecule has 50 heavy (non-hydrogen) atoms. The molecule has 1 amide bonds. The van der Waals surface area contributed by atoms with E-state index in [4.69, 9.17) is 10.7 Å². The summed E-state index contributed by atoms with van der Waals surface area (Å²) in [4.78, 5) is 49.3. The number of aromatic nitrogens is 1. The molecule has 4 N–H and O–H groups in total. The molecule has 10 nitrogen and oxygen atoms in total. The Morgan fingerprint density at radius 1 is 0.920 bits per heavy atom. The fourth-order valence-corrected chi connectivity index (χ4v) is 7.63. The summed E-state index contributed by atoms with van der Waals surface area (Å²) in [6.45, 7) is 6.06. The molecule has 1 saturated carbocycles. The maximum atomic E-state index is 13.8. The molecule has 0 spiro atoms. The number of nitrogens with zero attached hydrogens (tertiary/aromatic N) is 4. The standard InChI is InChI=1S/C40H49N7O3/c1-25-19-29(17-18-42-25)21-38(49)36-16-15-35(26(2)45-36)30-7-3-27(4-8-30)20-33(22-37(48)31-9-5-28(23-41)6-10-31)40(50)46-34-13-11-32(12-14-34)39-43-24-44-47-39/h3-4,7-8,11-16,25,28-29,31,33,42H,5-6,9-10,17-24,41H2,1-2H3,(H,46,50)/t25-,28?,29-,31?,33-/m1/s1. The van der Waals surface area contributed by atoms with Crippen LogP contribution < -0.4 is 16.4 Å². The number of aryl methyl sites for hydroxylation is 1. The Hall–Kier alpha value is -4.41. The lowest BCUT2D eigenvalue weighted by Crippen LogP contribution is -2.36. The Morgan fingerprint density at radius 3 is 2.32 bits per heavy atom. The first-order valence-corrected chi connectivity index (χ1v) is 18.1. The van der Waals surface area contributed by atoms with Crippen LogP contribution in [0.2, 0.25) is 0 Å². The van der Waals surface area contributed by atoms with E-state index in [-0.39, 0.29) is 29.8 Å². The van der Waals surface area contributed by atoms with Crippen molar-refractivity contribution in [3.05, 3.63) is 83.2 Å². The Morgan fingerprint density at radius 2 is 1.66 bits per heavy atom. The van der Waals surface area contributed by atoms with Gasteiger partial charge >= 0.3 is 0 Å². The topological polar surface area (TPSA) is 151 Å². The highest BCUT2D eigenvalue weighted by atomic mass is 16.2. The minimum absolute atomic E-state index is 0.0235. The SMILES string of the molecule is Cc1nc(C(=O)C[C@@H]2CCN[C@H](C)C2)ccc1-c1ccc(C[C@H](CC(=O)C2CCC(CN)CC2)C(=O)Nc2ccc(C3=NCN=N3)cc2)cc1. The molecule has 0 radical (unpaired) electrons. The van der Waals surface area contributed by atoms with E-state index in [1.807, 2.05) is 67.6 Å². The zero-order chi connectivity index (χ0) is 35.0. The number of Topliss-reactive ketones (excluding diaryl/α,β-unsaturated/α-hetero) is 2. The van der Waals surface area contributed by atoms with Gasteiger partial charge in [-0.2, -0.15) is 5.11 Å². The predicted octanol–water partition coefficient (Wildman–Crippen LogP) is 6.71. The maximum absolute atomic E-state index is 13.8. The average molecular weight is 676 g/mol. The van der Waals surface area contributed by atoms with E-state index < -0.39 is 5.92 Å². The number of nitrogens with one attached hydrogen (secondary N) is 2. The Kier molecular flexibility index (Phi) is 11.7. The fourth-order valence-electron chi connectivity index (χ4n) is 7.63. The van der Waals surface area contributed by atoms with Crippen LogP contribution in [0.15, 0.2) is 75.9 Å². The number of hydrogen-bond donors (Lipinski definition) is 3. The van der Waals surface area contributed by atoms with Gasteiger partial charge in [0.15, 0.2) is 18.3 Å². The van der Waals surface area contributed by atoms with Crippen molar-refractivity contribution in [2.24, 2.45) is 44.6 Å². The molecule has 0 bridgehead atoms. The summed E-state index contributed by atoms with van der Waals surface area (Å²) in [7, 11) is 0. The molecule has 10 heteroatoms. The van der Waals surface area contributed by atoms with Crippen molar-refractivity contribution in [2.75, 3.05) is 25.1 Å². The van der Waals surface area contributed by atoms with E-state index in [1.165, 1.54) is 0 Å². The summed E-state index contributed by atoms with van der Waals surface area (Å²) in [5.41, 5.74) is 11.6. The highest BCUT2D eigenvalue weighted by Gasteiger charge is 2.30. The van der Waals surface area contributed by atoms with Gasteiger partial charge in [-0.15, -0.1) is 5.11 Å². The van der Waals surface area contributed by atoms with Crippen LogP contribution in [0, 0.1) is 30.6 Å². The lowest BCUT2D eigenvalue weighted by atomic mass is 9.77. The van der Waals surface area contributed by atoms with E-state index in [2.05, 4.69) is 32.8 Å². The highest BCUT2D eigenvalue weighted by Crippen LogP contribution is 2.32. The van der Waals surface area contributed by atoms with Gasteiger partial charge in [0.05, 0.1) is 0 Å². The number of azo groups is 1. The number of rotatable bonds is 13. The van der Waals surface area contributed by atoms with Crippen LogP contribution in [0.4, 0.5) is 5.69 Å². The van der Waals surface area contributed by atoms with Crippen LogP contribution in [0.25, 0.3) is 11.1 Å². The fraction of sp³-hybridized carbons (Fsp3) is 0.475. The molecule has 262 valence electrons. The highest BCUT2D eigenvalue weighted by molar-refractivity contribution is 6.01. The van der Waals surface area contributed by atoms with Crippen molar-refractivity contribution < 1.29 is 14.4 Å². The third-order valence-corrected chi connectivity index (χ3v) is 10.6. The maximum Gasteiger partial charge on any atom is 0.228 e. The van der Waals surface area contributed by atoms with E-state index in [0.29, 0.717) is 61.1 Å². The second kappa shape index (κ2) is 16.5. The van der Waals surface area contributed by atoms with Gasteiger partial charge in [-0.3, -0.25) is 14.4 Å². The molecule has 3 aliphatic rings. The number of amides is 1. The van der Waals surface area contributed by atoms with E-state index in [1.54, 1.807) is 0 Å². The van der Waals surface area contributed by atoms with Gasteiger partial charge in [0.1, 0.15) is 11.5 Å². The Labute approximate surface area is 294 Å². The molecular formula is C40H49N7O3. The zero-order valence-electron chi connectivity index (χ0n) is 29.2. The summed E-state index contributed by atoms with van der Waals surface area (Å²) in [6.07, 6.45) is 6.78. The number of carbonyl (C=O) groups is 3. The molecule has 1 aromatic heterocycles. The van der Waals surface area contributed by atoms with Crippen LogP contribution in [0.5, 0.6) is 0 Å². The predicted molar refractivity (Wildman–Crippen MR) is 196 cm³/mol. The van der Waals surface area contributed by atoms with Crippen LogP contribution in [0.3, 0.4) is 0 Å². The molecule has 3 aromatic rings. The first-order valence-electron chi connectivity index (χ1n) is 18.1. The van der Waals surface area contributed by atoms with Gasteiger partial charge in [-0.25, -0.2) is 9.98 Å². The largest absolute Gasteiger partial charge is 0.330 e. The van der Waals surface area contributed by atoms with Crippen molar-refractivity contribution in [1.82, 2.24) is 10.3 Å². The van der Waals surface area contributed by atoms with Gasteiger partial charge in [-0.1, -0.05) is 30.3 Å². The number of piperidine rings is 1. The summed E-state index contributed by atoms with van der Waals surface area (Å²) >= 11 is 0. The Balaban J connectivity index is 1.13. The number of ketones is 2. The Bertz CT molecular complexity index is 1730. The number of carbonyl (C=O) groups excluding carboxylic acids is 3. The van der Waals surface area contributed by atoms with Crippen molar-refractivity contribution in [3.8, 4) is 11.1 Å².